The van der Waals surface area contributed by atoms with E-state index in [4.69, 9.17) is 4.74 Å². The number of hydrogen-bond acceptors (Lipinski definition) is 2. The van der Waals surface area contributed by atoms with E-state index in [1.165, 1.54) is 0 Å². The highest BCUT2D eigenvalue weighted by Gasteiger charge is 2.07. The Morgan fingerprint density at radius 2 is 1.65 bits per heavy atom. The van der Waals surface area contributed by atoms with Gasteiger partial charge in [-0.3, -0.25) is 0 Å². The maximum atomic E-state index is 11.6. The minimum absolute atomic E-state index is 0.381. The lowest BCUT2D eigenvalue weighted by atomic mass is 10.1. The number of rotatable bonds is 4. The highest BCUT2D eigenvalue weighted by molar-refractivity contribution is 5.89. The molecule has 0 bridgehead atoms. The van der Waals surface area contributed by atoms with Gasteiger partial charge in [0.15, 0.2) is 0 Å². The molecule has 2 rings (SSSR count). The first-order valence-electron chi connectivity index (χ1n) is 6.36. The van der Waals surface area contributed by atoms with Crippen molar-refractivity contribution in [3.05, 3.63) is 77.9 Å². The molecule has 0 fully saturated rings. The lowest BCUT2D eigenvalue weighted by Crippen LogP contribution is -2.08. The molecular weight excluding hydrogens is 248 g/mol. The Morgan fingerprint density at radius 1 is 1.00 bits per heavy atom. The molecule has 20 heavy (non-hydrogen) atoms. The van der Waals surface area contributed by atoms with Crippen molar-refractivity contribution in [2.75, 3.05) is 0 Å². The number of esters is 1. The predicted octanol–water partition coefficient (Wildman–Crippen LogP) is 4.34. The molecule has 0 spiro atoms. The molecule has 0 aliphatic carbocycles. The van der Waals surface area contributed by atoms with Crippen molar-refractivity contribution in [3.63, 3.8) is 0 Å². The number of ether oxygens (including phenoxy) is 1. The van der Waals surface area contributed by atoms with Gasteiger partial charge in [0.2, 0.25) is 0 Å². The minimum atomic E-state index is -0.412. The Labute approximate surface area is 119 Å². The summed E-state index contributed by atoms with van der Waals surface area (Å²) < 4.78 is 5.31. The van der Waals surface area contributed by atoms with Gasteiger partial charge in [-0.2, -0.15) is 0 Å². The van der Waals surface area contributed by atoms with E-state index < -0.39 is 5.97 Å². The molecule has 0 aliphatic heterocycles. The van der Waals surface area contributed by atoms with E-state index in [0.29, 0.717) is 11.3 Å². The average Bonchev–Trinajstić information content (AvgIpc) is 2.47. The van der Waals surface area contributed by atoms with Crippen molar-refractivity contribution >= 4 is 18.1 Å². The van der Waals surface area contributed by atoms with E-state index in [2.05, 4.69) is 6.58 Å². The van der Waals surface area contributed by atoms with Crippen LogP contribution in [0.5, 0.6) is 5.75 Å². The van der Waals surface area contributed by atoms with Crippen molar-refractivity contribution in [3.8, 4) is 5.75 Å². The second-order valence-electron chi connectivity index (χ2n) is 4.45. The summed E-state index contributed by atoms with van der Waals surface area (Å²) >= 11 is 0. The van der Waals surface area contributed by atoms with Crippen molar-refractivity contribution in [1.82, 2.24) is 0 Å². The van der Waals surface area contributed by atoms with Crippen molar-refractivity contribution in [1.29, 1.82) is 0 Å². The van der Waals surface area contributed by atoms with E-state index in [-0.39, 0.29) is 0 Å². The first-order chi connectivity index (χ1) is 9.66. The van der Waals surface area contributed by atoms with Crippen LogP contribution in [-0.2, 0) is 4.79 Å². The van der Waals surface area contributed by atoms with Gasteiger partial charge in [0.25, 0.3) is 0 Å². The van der Waals surface area contributed by atoms with Gasteiger partial charge < -0.3 is 4.74 Å². The van der Waals surface area contributed by atoms with Crippen LogP contribution >= 0.6 is 0 Å². The molecule has 0 atom stereocenters. The van der Waals surface area contributed by atoms with Gasteiger partial charge in [-0.15, -0.1) is 0 Å². The number of carbonyl (C=O) groups is 1. The van der Waals surface area contributed by atoms with E-state index >= 15 is 0 Å². The zero-order chi connectivity index (χ0) is 14.4. The second kappa shape index (κ2) is 6.53. The summed E-state index contributed by atoms with van der Waals surface area (Å²) in [5.41, 5.74) is 2.33. The molecule has 0 amide bonds. The zero-order valence-electron chi connectivity index (χ0n) is 11.4. The summed E-state index contributed by atoms with van der Waals surface area (Å²) in [5.74, 6) is 0.123. The van der Waals surface area contributed by atoms with Crippen LogP contribution in [0.4, 0.5) is 0 Å². The molecule has 0 N–H and O–H groups in total. The maximum absolute atomic E-state index is 11.6. The van der Waals surface area contributed by atoms with E-state index in [0.717, 1.165) is 11.1 Å². The van der Waals surface area contributed by atoms with Crippen LogP contribution in [0, 0.1) is 0 Å². The summed E-state index contributed by atoms with van der Waals surface area (Å²) in [6.45, 7) is 5.21. The average molecular weight is 264 g/mol. The van der Waals surface area contributed by atoms with Crippen molar-refractivity contribution in [2.24, 2.45) is 0 Å². The quantitative estimate of drug-likeness (QED) is 0.355. The molecule has 2 nitrogen and oxygen atoms in total. The van der Waals surface area contributed by atoms with Crippen molar-refractivity contribution < 1.29 is 9.53 Å². The van der Waals surface area contributed by atoms with Gasteiger partial charge in [-0.1, -0.05) is 67.3 Å². The third kappa shape index (κ3) is 3.69. The Kier molecular flexibility index (Phi) is 4.51. The fraction of sp³-hybridized carbons (Fsp3) is 0.0556. The fourth-order valence-corrected chi connectivity index (χ4v) is 1.65. The molecular formula is C18H16O2. The predicted molar refractivity (Wildman–Crippen MR) is 82.3 cm³/mol. The van der Waals surface area contributed by atoms with Crippen LogP contribution in [0.3, 0.4) is 0 Å². The second-order valence-corrected chi connectivity index (χ2v) is 4.45. The van der Waals surface area contributed by atoms with Gasteiger partial charge in [-0.05, 0) is 18.6 Å². The van der Waals surface area contributed by atoms with Crippen LogP contribution in [0.25, 0.3) is 12.2 Å². The molecule has 0 saturated carbocycles. The summed E-state index contributed by atoms with van der Waals surface area (Å²) in [6.07, 6.45) is 3.91. The summed E-state index contributed by atoms with van der Waals surface area (Å²) in [5, 5.41) is 0. The van der Waals surface area contributed by atoms with Gasteiger partial charge in [0, 0.05) is 11.1 Å². The lowest BCUT2D eigenvalue weighted by Gasteiger charge is -2.06. The Hall–Kier alpha value is -2.61. The number of hydrogen-bond donors (Lipinski definition) is 0. The first kappa shape index (κ1) is 13.8. The normalized spacial score (nSPS) is 10.4. The van der Waals surface area contributed by atoms with Crippen LogP contribution < -0.4 is 4.74 Å². The van der Waals surface area contributed by atoms with Crippen LogP contribution in [0.2, 0.25) is 0 Å². The Bertz CT molecular complexity index is 639. The van der Waals surface area contributed by atoms with Crippen LogP contribution in [0.1, 0.15) is 18.1 Å². The standard InChI is InChI=1S/C18H16O2/c1-14(2)18(19)20-17-11-7-6-10-16(17)13-12-15-8-4-3-5-9-15/h3-13H,1H2,2H3/b13-12+. The largest absolute Gasteiger partial charge is 0.423 e. The number of benzene rings is 2. The first-order valence-corrected chi connectivity index (χ1v) is 6.36. The monoisotopic (exact) mass is 264 g/mol. The van der Waals surface area contributed by atoms with Gasteiger partial charge in [-0.25, -0.2) is 4.79 Å². The SMILES string of the molecule is C=C(C)C(=O)Oc1ccccc1/C=C/c1ccccc1. The summed E-state index contributed by atoms with van der Waals surface area (Å²) in [6, 6.07) is 17.4. The van der Waals surface area contributed by atoms with E-state index in [9.17, 15) is 4.79 Å². The van der Waals surface area contributed by atoms with E-state index in [1.807, 2.05) is 60.7 Å². The number of para-hydroxylation sites is 1. The van der Waals surface area contributed by atoms with Crippen molar-refractivity contribution in [2.45, 2.75) is 6.92 Å². The Balaban J connectivity index is 2.22. The molecule has 0 saturated heterocycles. The lowest BCUT2D eigenvalue weighted by molar-refractivity contribution is -0.130. The molecule has 0 unspecified atom stereocenters. The van der Waals surface area contributed by atoms with Crippen LogP contribution in [-0.4, -0.2) is 5.97 Å². The van der Waals surface area contributed by atoms with Gasteiger partial charge in [0.1, 0.15) is 5.75 Å². The fourth-order valence-electron chi connectivity index (χ4n) is 1.65. The molecule has 2 aromatic rings. The molecule has 0 aromatic heterocycles. The molecule has 2 aromatic carbocycles. The smallest absolute Gasteiger partial charge is 0.338 e. The third-order valence-corrected chi connectivity index (χ3v) is 2.73. The topological polar surface area (TPSA) is 26.3 Å². The van der Waals surface area contributed by atoms with Crippen LogP contribution in [0.15, 0.2) is 66.7 Å². The molecule has 0 heterocycles. The summed E-state index contributed by atoms with van der Waals surface area (Å²) in [4.78, 5) is 11.6. The summed E-state index contributed by atoms with van der Waals surface area (Å²) in [7, 11) is 0. The molecule has 0 aliphatic rings. The van der Waals surface area contributed by atoms with Gasteiger partial charge in [0.05, 0.1) is 0 Å². The minimum Gasteiger partial charge on any atom is -0.423 e. The third-order valence-electron chi connectivity index (χ3n) is 2.73. The molecule has 2 heteroatoms. The van der Waals surface area contributed by atoms with Gasteiger partial charge >= 0.3 is 5.97 Å². The Morgan fingerprint density at radius 3 is 2.35 bits per heavy atom. The number of carbonyl (C=O) groups excluding carboxylic acids is 1. The van der Waals surface area contributed by atoms with E-state index in [1.54, 1.807) is 13.0 Å². The highest BCUT2D eigenvalue weighted by atomic mass is 16.5. The zero-order valence-corrected chi connectivity index (χ0v) is 11.4. The molecule has 100 valence electrons. The molecule has 0 radical (unpaired) electrons. The maximum Gasteiger partial charge on any atom is 0.338 e. The highest BCUT2D eigenvalue weighted by Crippen LogP contribution is 2.21.